The second-order valence-electron chi connectivity index (χ2n) is 4.27. The van der Waals surface area contributed by atoms with Crippen LogP contribution >= 0.6 is 34.4 Å². The summed E-state index contributed by atoms with van der Waals surface area (Å²) >= 11 is 3.60. The highest BCUT2D eigenvalue weighted by atomic mass is 127. The lowest BCUT2D eigenvalue weighted by Gasteiger charge is -2.07. The van der Waals surface area contributed by atoms with Gasteiger partial charge in [0.05, 0.1) is 8.48 Å². The van der Waals surface area contributed by atoms with E-state index in [4.69, 9.17) is 4.74 Å². The molecule has 0 spiro atoms. The minimum Gasteiger partial charge on any atom is -0.488 e. The number of aliphatic imine (C=N–C) groups is 1. The van der Waals surface area contributed by atoms with Crippen molar-refractivity contribution in [2.75, 3.05) is 20.7 Å². The van der Waals surface area contributed by atoms with Gasteiger partial charge >= 0.3 is 0 Å². The van der Waals surface area contributed by atoms with Gasteiger partial charge in [0.15, 0.2) is 5.17 Å². The quantitative estimate of drug-likeness (QED) is 0.431. The van der Waals surface area contributed by atoms with Gasteiger partial charge in [-0.1, -0.05) is 18.7 Å². The average Bonchev–Trinajstić information content (AvgIpc) is 2.74. The van der Waals surface area contributed by atoms with E-state index in [9.17, 15) is 4.79 Å². The largest absolute Gasteiger partial charge is 0.488 e. The van der Waals surface area contributed by atoms with Crippen LogP contribution < -0.4 is 4.74 Å². The molecule has 110 valence electrons. The zero-order valence-electron chi connectivity index (χ0n) is 11.8. The average molecular weight is 414 g/mol. The molecule has 1 fully saturated rings. The smallest absolute Gasteiger partial charge is 0.266 e. The topological polar surface area (TPSA) is 41.9 Å². The number of benzene rings is 1. The van der Waals surface area contributed by atoms with E-state index in [-0.39, 0.29) is 5.91 Å². The molecule has 0 aliphatic carbocycles. The van der Waals surface area contributed by atoms with Crippen LogP contribution in [-0.2, 0) is 4.79 Å². The first kappa shape index (κ1) is 16.1. The summed E-state index contributed by atoms with van der Waals surface area (Å²) in [5.74, 6) is 0.790. The summed E-state index contributed by atoms with van der Waals surface area (Å²) in [7, 11) is 3.41. The fourth-order valence-electron chi connectivity index (χ4n) is 1.77. The Morgan fingerprint density at radius 3 is 2.86 bits per heavy atom. The van der Waals surface area contributed by atoms with E-state index in [2.05, 4.69) is 34.2 Å². The Morgan fingerprint density at radius 1 is 1.52 bits per heavy atom. The number of carbonyl (C=O) groups is 1. The van der Waals surface area contributed by atoms with E-state index in [0.29, 0.717) is 16.7 Å². The third-order valence-corrected chi connectivity index (χ3v) is 4.80. The Morgan fingerprint density at radius 2 is 2.29 bits per heavy atom. The van der Waals surface area contributed by atoms with Crippen LogP contribution in [-0.4, -0.2) is 36.7 Å². The van der Waals surface area contributed by atoms with Crippen LogP contribution in [0.4, 0.5) is 0 Å². The van der Waals surface area contributed by atoms with Crippen molar-refractivity contribution in [1.29, 1.82) is 0 Å². The van der Waals surface area contributed by atoms with Gasteiger partial charge in [-0.05, 0) is 58.1 Å². The van der Waals surface area contributed by atoms with E-state index < -0.39 is 0 Å². The third kappa shape index (κ3) is 3.68. The summed E-state index contributed by atoms with van der Waals surface area (Å²) in [4.78, 5) is 18.4. The summed E-state index contributed by atoms with van der Waals surface area (Å²) in [5.41, 5.74) is 0.965. The molecule has 0 bridgehead atoms. The maximum Gasteiger partial charge on any atom is 0.266 e. The zero-order chi connectivity index (χ0) is 15.4. The van der Waals surface area contributed by atoms with Crippen molar-refractivity contribution in [3.63, 3.8) is 0 Å². The van der Waals surface area contributed by atoms with Crippen molar-refractivity contribution < 1.29 is 9.53 Å². The fraction of sp³-hybridized carbons (Fsp3) is 0.200. The Hall–Kier alpha value is -1.28. The number of ether oxygens (including phenoxy) is 1. The summed E-state index contributed by atoms with van der Waals surface area (Å²) < 4.78 is 6.54. The SMILES string of the molecule is C=CCOc1ccc(/C=C2\SC(=NC)N(C)C2=O)cc1I. The number of nitrogens with zero attached hydrogens (tertiary/aromatic N) is 2. The molecule has 1 amide bonds. The first-order valence-corrected chi connectivity index (χ1v) is 8.14. The maximum atomic E-state index is 12.1. The van der Waals surface area contributed by atoms with Gasteiger partial charge in [-0.15, -0.1) is 0 Å². The lowest BCUT2D eigenvalue weighted by Crippen LogP contribution is -2.23. The summed E-state index contributed by atoms with van der Waals surface area (Å²) in [6, 6.07) is 5.82. The van der Waals surface area contributed by atoms with Crippen LogP contribution in [0.3, 0.4) is 0 Å². The van der Waals surface area contributed by atoms with E-state index in [1.807, 2.05) is 24.3 Å². The first-order chi connectivity index (χ1) is 10.1. The van der Waals surface area contributed by atoms with Gasteiger partial charge in [0, 0.05) is 14.1 Å². The number of amides is 1. The molecular formula is C15H15IN2O2S. The van der Waals surface area contributed by atoms with Gasteiger partial charge in [-0.25, -0.2) is 0 Å². The zero-order valence-corrected chi connectivity index (χ0v) is 14.8. The number of hydrogen-bond acceptors (Lipinski definition) is 4. The van der Waals surface area contributed by atoms with Crippen LogP contribution in [0.25, 0.3) is 6.08 Å². The Balaban J connectivity index is 2.24. The normalized spacial score (nSPS) is 18.6. The van der Waals surface area contributed by atoms with Crippen LogP contribution in [0.15, 0.2) is 40.8 Å². The minimum absolute atomic E-state index is 0.0254. The van der Waals surface area contributed by atoms with Crippen LogP contribution in [0, 0.1) is 3.57 Å². The molecule has 0 atom stereocenters. The number of amidine groups is 1. The highest BCUT2D eigenvalue weighted by molar-refractivity contribution is 14.1. The van der Waals surface area contributed by atoms with Crippen molar-refractivity contribution in [2.24, 2.45) is 4.99 Å². The van der Waals surface area contributed by atoms with Gasteiger partial charge in [0.1, 0.15) is 12.4 Å². The standard InChI is InChI=1S/C15H15IN2O2S/c1-4-7-20-12-6-5-10(8-11(12)16)9-13-14(19)18(3)15(17-2)21-13/h4-6,8-9H,1,7H2,2-3H3/b13-9-,17-15?. The van der Waals surface area contributed by atoms with E-state index in [1.54, 1.807) is 25.1 Å². The molecule has 0 saturated carbocycles. The van der Waals surface area contributed by atoms with Gasteiger partial charge < -0.3 is 4.74 Å². The number of thioether (sulfide) groups is 1. The van der Waals surface area contributed by atoms with E-state index in [1.165, 1.54) is 11.8 Å². The maximum absolute atomic E-state index is 12.1. The number of hydrogen-bond donors (Lipinski definition) is 0. The number of rotatable bonds is 4. The molecule has 0 N–H and O–H groups in total. The molecule has 1 heterocycles. The highest BCUT2D eigenvalue weighted by Gasteiger charge is 2.29. The molecular weight excluding hydrogens is 399 g/mol. The minimum atomic E-state index is -0.0254. The third-order valence-electron chi connectivity index (χ3n) is 2.81. The van der Waals surface area contributed by atoms with Crippen molar-refractivity contribution in [2.45, 2.75) is 0 Å². The second kappa shape index (κ2) is 7.13. The number of halogens is 1. The molecule has 1 aromatic rings. The molecule has 2 rings (SSSR count). The van der Waals surface area contributed by atoms with Gasteiger partial charge in [0.25, 0.3) is 5.91 Å². The van der Waals surface area contributed by atoms with Gasteiger partial charge in [-0.2, -0.15) is 0 Å². The number of carbonyl (C=O) groups excluding carboxylic acids is 1. The Bertz CT molecular complexity index is 641. The van der Waals surface area contributed by atoms with Crippen molar-refractivity contribution in [1.82, 2.24) is 4.90 Å². The number of likely N-dealkylation sites (N-methyl/N-ethyl adjacent to an activating group) is 1. The van der Waals surface area contributed by atoms with Crippen molar-refractivity contribution in [3.8, 4) is 5.75 Å². The molecule has 1 aromatic carbocycles. The summed E-state index contributed by atoms with van der Waals surface area (Å²) in [6.07, 6.45) is 3.59. The predicted octanol–water partition coefficient (Wildman–Crippen LogP) is 3.39. The second-order valence-corrected chi connectivity index (χ2v) is 6.44. The summed E-state index contributed by atoms with van der Waals surface area (Å²) in [6.45, 7) is 4.11. The Labute approximate surface area is 142 Å². The monoisotopic (exact) mass is 414 g/mol. The molecule has 0 aromatic heterocycles. The van der Waals surface area contributed by atoms with E-state index >= 15 is 0 Å². The van der Waals surface area contributed by atoms with Gasteiger partial charge in [0.2, 0.25) is 0 Å². The van der Waals surface area contributed by atoms with Crippen LogP contribution in [0.2, 0.25) is 0 Å². The molecule has 0 unspecified atom stereocenters. The van der Waals surface area contributed by atoms with Crippen LogP contribution in [0.5, 0.6) is 5.75 Å². The van der Waals surface area contributed by atoms with E-state index in [0.717, 1.165) is 14.9 Å². The van der Waals surface area contributed by atoms with Crippen LogP contribution in [0.1, 0.15) is 5.56 Å². The molecule has 1 aliphatic rings. The molecule has 1 saturated heterocycles. The van der Waals surface area contributed by atoms with Crippen molar-refractivity contribution >= 4 is 51.5 Å². The van der Waals surface area contributed by atoms with Crippen molar-refractivity contribution in [3.05, 3.63) is 44.9 Å². The fourth-order valence-corrected chi connectivity index (χ4v) is 3.40. The Kier molecular flexibility index (Phi) is 5.46. The lowest BCUT2D eigenvalue weighted by molar-refractivity contribution is -0.121. The first-order valence-electron chi connectivity index (χ1n) is 6.24. The molecule has 4 nitrogen and oxygen atoms in total. The highest BCUT2D eigenvalue weighted by Crippen LogP contribution is 2.32. The molecule has 6 heteroatoms. The lowest BCUT2D eigenvalue weighted by atomic mass is 10.2. The summed E-state index contributed by atoms with van der Waals surface area (Å²) in [5, 5.41) is 0.715. The molecule has 21 heavy (non-hydrogen) atoms. The van der Waals surface area contributed by atoms with Gasteiger partial charge in [-0.3, -0.25) is 14.7 Å². The molecule has 1 aliphatic heterocycles. The predicted molar refractivity (Wildman–Crippen MR) is 96.5 cm³/mol. The molecule has 0 radical (unpaired) electrons.